The van der Waals surface area contributed by atoms with Crippen molar-refractivity contribution in [2.75, 3.05) is 0 Å². The van der Waals surface area contributed by atoms with E-state index in [0.717, 1.165) is 18.8 Å². The molecule has 0 aromatic rings. The van der Waals surface area contributed by atoms with E-state index in [9.17, 15) is 4.79 Å². The van der Waals surface area contributed by atoms with E-state index in [1.54, 1.807) is 0 Å². The van der Waals surface area contributed by atoms with E-state index in [0.29, 0.717) is 6.42 Å². The van der Waals surface area contributed by atoms with Crippen LogP contribution in [0.3, 0.4) is 0 Å². The molecule has 2 heteroatoms. The minimum absolute atomic E-state index is 0.343. The number of carbonyl (C=O) groups is 1. The SMILES string of the molecule is CCCCCCCC[C@@H](C)CCCCCCCCC(=O)O. The molecule has 0 aliphatic carbocycles. The number of hydrogen-bond donors (Lipinski definition) is 1. The van der Waals surface area contributed by atoms with Crippen LogP contribution in [-0.4, -0.2) is 11.1 Å². The molecule has 0 aromatic carbocycles. The molecule has 0 saturated heterocycles. The van der Waals surface area contributed by atoms with E-state index in [1.165, 1.54) is 77.0 Å². The van der Waals surface area contributed by atoms with Gasteiger partial charge < -0.3 is 5.11 Å². The Kier molecular flexibility index (Phi) is 15.5. The van der Waals surface area contributed by atoms with Crippen LogP contribution in [0.25, 0.3) is 0 Å². The van der Waals surface area contributed by atoms with Gasteiger partial charge in [0.05, 0.1) is 0 Å². The van der Waals surface area contributed by atoms with Crippen molar-refractivity contribution in [3.63, 3.8) is 0 Å². The Balaban J connectivity index is 3.15. The van der Waals surface area contributed by atoms with Crippen LogP contribution in [0.5, 0.6) is 0 Å². The predicted molar refractivity (Wildman–Crippen MR) is 91.7 cm³/mol. The lowest BCUT2D eigenvalue weighted by Gasteiger charge is -2.11. The second-order valence-corrected chi connectivity index (χ2v) is 6.72. The normalized spacial score (nSPS) is 12.5. The van der Waals surface area contributed by atoms with Crippen molar-refractivity contribution in [1.82, 2.24) is 0 Å². The van der Waals surface area contributed by atoms with Crippen molar-refractivity contribution in [3.05, 3.63) is 0 Å². The summed E-state index contributed by atoms with van der Waals surface area (Å²) in [7, 11) is 0. The van der Waals surface area contributed by atoms with Gasteiger partial charge in [0.1, 0.15) is 0 Å². The Labute approximate surface area is 132 Å². The first-order valence-corrected chi connectivity index (χ1v) is 9.38. The third-order valence-electron chi connectivity index (χ3n) is 4.39. The molecule has 0 aliphatic rings. The molecule has 0 spiro atoms. The molecule has 0 fully saturated rings. The Morgan fingerprint density at radius 2 is 1.19 bits per heavy atom. The van der Waals surface area contributed by atoms with Gasteiger partial charge in [0, 0.05) is 6.42 Å². The Hall–Kier alpha value is -0.530. The fourth-order valence-corrected chi connectivity index (χ4v) is 2.89. The molecule has 0 rings (SSSR count). The smallest absolute Gasteiger partial charge is 0.303 e. The van der Waals surface area contributed by atoms with Gasteiger partial charge >= 0.3 is 5.97 Å². The summed E-state index contributed by atoms with van der Waals surface area (Å²) >= 11 is 0. The molecule has 0 heterocycles. The first-order chi connectivity index (χ1) is 10.2. The summed E-state index contributed by atoms with van der Waals surface area (Å²) in [6.45, 7) is 4.67. The van der Waals surface area contributed by atoms with Crippen molar-refractivity contribution in [3.8, 4) is 0 Å². The summed E-state index contributed by atoms with van der Waals surface area (Å²) in [5.74, 6) is 0.238. The summed E-state index contributed by atoms with van der Waals surface area (Å²) in [6.07, 6.45) is 18.7. The number of carboxylic acid groups (broad SMARTS) is 1. The monoisotopic (exact) mass is 298 g/mol. The van der Waals surface area contributed by atoms with E-state index in [4.69, 9.17) is 5.11 Å². The van der Waals surface area contributed by atoms with Crippen molar-refractivity contribution in [2.24, 2.45) is 5.92 Å². The summed E-state index contributed by atoms with van der Waals surface area (Å²) in [6, 6.07) is 0. The first kappa shape index (κ1) is 20.5. The molecule has 0 saturated carbocycles. The zero-order valence-electron chi connectivity index (χ0n) is 14.5. The number of hydrogen-bond acceptors (Lipinski definition) is 1. The van der Waals surface area contributed by atoms with E-state index in [-0.39, 0.29) is 0 Å². The van der Waals surface area contributed by atoms with Gasteiger partial charge in [0.15, 0.2) is 0 Å². The highest BCUT2D eigenvalue weighted by Crippen LogP contribution is 2.18. The molecule has 1 atom stereocenters. The summed E-state index contributed by atoms with van der Waals surface area (Å²) in [5.41, 5.74) is 0. The molecular formula is C19H38O2. The van der Waals surface area contributed by atoms with Gasteiger partial charge in [-0.1, -0.05) is 97.3 Å². The van der Waals surface area contributed by atoms with Crippen molar-refractivity contribution in [2.45, 2.75) is 110 Å². The van der Waals surface area contributed by atoms with Gasteiger partial charge in [0.25, 0.3) is 0 Å². The predicted octanol–water partition coefficient (Wildman–Crippen LogP) is 6.58. The van der Waals surface area contributed by atoms with Crippen LogP contribution in [0.2, 0.25) is 0 Å². The molecule has 1 N–H and O–H groups in total. The fraction of sp³-hybridized carbons (Fsp3) is 0.947. The average molecular weight is 299 g/mol. The lowest BCUT2D eigenvalue weighted by Crippen LogP contribution is -1.95. The van der Waals surface area contributed by atoms with Crippen LogP contribution in [0, 0.1) is 5.92 Å². The Bertz CT molecular complexity index is 226. The molecule has 0 amide bonds. The molecular weight excluding hydrogens is 260 g/mol. The van der Waals surface area contributed by atoms with Crippen LogP contribution in [-0.2, 0) is 4.79 Å². The number of aliphatic carboxylic acids is 1. The van der Waals surface area contributed by atoms with Gasteiger partial charge in [0.2, 0.25) is 0 Å². The van der Waals surface area contributed by atoms with Crippen LogP contribution < -0.4 is 0 Å². The lowest BCUT2D eigenvalue weighted by atomic mass is 9.96. The lowest BCUT2D eigenvalue weighted by molar-refractivity contribution is -0.137. The zero-order chi connectivity index (χ0) is 15.8. The molecule has 0 aliphatic heterocycles. The minimum atomic E-state index is -0.654. The topological polar surface area (TPSA) is 37.3 Å². The first-order valence-electron chi connectivity index (χ1n) is 9.38. The summed E-state index contributed by atoms with van der Waals surface area (Å²) in [5, 5.41) is 8.55. The second-order valence-electron chi connectivity index (χ2n) is 6.72. The molecule has 21 heavy (non-hydrogen) atoms. The standard InChI is InChI=1S/C19H38O2/c1-3-4-5-6-9-12-15-18(2)16-13-10-7-8-11-14-17-19(20)21/h18H,3-17H2,1-2H3,(H,20,21)/t18-/m1/s1. The van der Waals surface area contributed by atoms with Crippen LogP contribution in [0.4, 0.5) is 0 Å². The highest BCUT2D eigenvalue weighted by Gasteiger charge is 2.02. The van der Waals surface area contributed by atoms with Crippen LogP contribution in [0.15, 0.2) is 0 Å². The molecule has 0 bridgehead atoms. The largest absolute Gasteiger partial charge is 0.481 e. The maximum Gasteiger partial charge on any atom is 0.303 e. The average Bonchev–Trinajstić information content (AvgIpc) is 2.45. The minimum Gasteiger partial charge on any atom is -0.481 e. The number of unbranched alkanes of at least 4 members (excludes halogenated alkanes) is 10. The van der Waals surface area contributed by atoms with Gasteiger partial charge in [-0.25, -0.2) is 0 Å². The van der Waals surface area contributed by atoms with Crippen molar-refractivity contribution >= 4 is 5.97 Å². The summed E-state index contributed by atoms with van der Waals surface area (Å²) < 4.78 is 0. The maximum atomic E-state index is 10.4. The van der Waals surface area contributed by atoms with Crippen molar-refractivity contribution in [1.29, 1.82) is 0 Å². The van der Waals surface area contributed by atoms with Crippen molar-refractivity contribution < 1.29 is 9.90 Å². The highest BCUT2D eigenvalue weighted by molar-refractivity contribution is 5.66. The highest BCUT2D eigenvalue weighted by atomic mass is 16.4. The fourth-order valence-electron chi connectivity index (χ4n) is 2.89. The second kappa shape index (κ2) is 15.9. The Morgan fingerprint density at radius 1 is 0.762 bits per heavy atom. The van der Waals surface area contributed by atoms with Gasteiger partial charge in [-0.15, -0.1) is 0 Å². The zero-order valence-corrected chi connectivity index (χ0v) is 14.5. The summed E-state index contributed by atoms with van der Waals surface area (Å²) in [4.78, 5) is 10.4. The number of rotatable bonds is 16. The van der Waals surface area contributed by atoms with Gasteiger partial charge in [-0.3, -0.25) is 4.79 Å². The molecule has 2 nitrogen and oxygen atoms in total. The van der Waals surface area contributed by atoms with Gasteiger partial charge in [-0.05, 0) is 12.3 Å². The van der Waals surface area contributed by atoms with E-state index in [2.05, 4.69) is 13.8 Å². The third kappa shape index (κ3) is 17.4. The van der Waals surface area contributed by atoms with Crippen LogP contribution >= 0.6 is 0 Å². The van der Waals surface area contributed by atoms with Crippen LogP contribution in [0.1, 0.15) is 110 Å². The Morgan fingerprint density at radius 3 is 1.67 bits per heavy atom. The third-order valence-corrected chi connectivity index (χ3v) is 4.39. The maximum absolute atomic E-state index is 10.4. The van der Waals surface area contributed by atoms with E-state index >= 15 is 0 Å². The van der Waals surface area contributed by atoms with Gasteiger partial charge in [-0.2, -0.15) is 0 Å². The van der Waals surface area contributed by atoms with E-state index < -0.39 is 5.97 Å². The number of carboxylic acids is 1. The molecule has 0 aromatic heterocycles. The molecule has 0 radical (unpaired) electrons. The van der Waals surface area contributed by atoms with E-state index in [1.807, 2.05) is 0 Å². The quantitative estimate of drug-likeness (QED) is 0.327. The molecule has 126 valence electrons. The molecule has 0 unspecified atom stereocenters.